The number of likely N-dealkylation sites (tertiary alicyclic amines) is 1. The number of nitrogens with zero attached hydrogens (tertiary/aromatic N) is 4. The van der Waals surface area contributed by atoms with Gasteiger partial charge in [0.25, 0.3) is 5.91 Å². The Morgan fingerprint density at radius 2 is 2.04 bits per heavy atom. The lowest BCUT2D eigenvalue weighted by Crippen LogP contribution is -2.40. The summed E-state index contributed by atoms with van der Waals surface area (Å²) in [4.78, 5) is 28.7. The molecule has 1 aromatic heterocycles. The first-order valence-corrected chi connectivity index (χ1v) is 9.35. The molecule has 8 nitrogen and oxygen atoms in total. The second kappa shape index (κ2) is 8.39. The van der Waals surface area contributed by atoms with Crippen LogP contribution in [0.4, 0.5) is 10.6 Å². The number of anilines is 1. The number of carbonyl (C=O) groups excluding carboxylic acids is 2. The Labute approximate surface area is 162 Å². The van der Waals surface area contributed by atoms with Crippen molar-refractivity contribution in [1.29, 1.82) is 0 Å². The summed E-state index contributed by atoms with van der Waals surface area (Å²) in [5, 5.41) is 13.6. The Hall–Kier alpha value is -2.61. The summed E-state index contributed by atoms with van der Waals surface area (Å²) in [5.41, 5.74) is 1.05. The van der Waals surface area contributed by atoms with E-state index in [0.29, 0.717) is 24.7 Å². The quantitative estimate of drug-likeness (QED) is 0.819. The summed E-state index contributed by atoms with van der Waals surface area (Å²) in [5.74, 6) is -0.0730. The molecule has 2 N–H and O–H groups in total. The van der Waals surface area contributed by atoms with Crippen molar-refractivity contribution in [2.75, 3.05) is 18.4 Å². The van der Waals surface area contributed by atoms with Crippen molar-refractivity contribution in [2.24, 2.45) is 0 Å². The van der Waals surface area contributed by atoms with Gasteiger partial charge in [-0.1, -0.05) is 23.7 Å². The summed E-state index contributed by atoms with van der Waals surface area (Å²) in [6.45, 7) is 5.63. The first-order valence-electron chi connectivity index (χ1n) is 8.98. The minimum Gasteiger partial charge on any atom is -0.337 e. The summed E-state index contributed by atoms with van der Waals surface area (Å²) in [7, 11) is 0. The molecule has 0 atom stereocenters. The normalized spacial score (nSPS) is 13.9. The van der Waals surface area contributed by atoms with Gasteiger partial charge in [-0.2, -0.15) is 5.21 Å². The highest BCUT2D eigenvalue weighted by Crippen LogP contribution is 2.18. The first-order chi connectivity index (χ1) is 13.0. The standard InChI is InChI=1S/C18H23ClN6O2/c1-12(2)25(11-13-6-5-7-14(19)10-13)18(27)20-16-15(21-23-22-16)17(26)24-8-3-4-9-24/h5-7,10,12H,3-4,8-9,11H2,1-2H3,(H2,20,21,22,23,27). The van der Waals surface area contributed by atoms with Gasteiger partial charge in [0, 0.05) is 30.7 Å². The zero-order valence-corrected chi connectivity index (χ0v) is 16.2. The van der Waals surface area contributed by atoms with E-state index >= 15 is 0 Å². The van der Waals surface area contributed by atoms with Crippen LogP contribution in [-0.2, 0) is 6.54 Å². The fourth-order valence-electron chi connectivity index (χ4n) is 3.03. The monoisotopic (exact) mass is 390 g/mol. The number of aromatic nitrogens is 3. The maximum Gasteiger partial charge on any atom is 0.323 e. The van der Waals surface area contributed by atoms with E-state index in [9.17, 15) is 9.59 Å². The minimum absolute atomic E-state index is 0.0615. The van der Waals surface area contributed by atoms with E-state index in [4.69, 9.17) is 11.6 Å². The SMILES string of the molecule is CC(C)N(Cc1cccc(Cl)c1)C(=O)Nc1n[nH]nc1C(=O)N1CCCC1. The molecular formula is C18H23ClN6O2. The van der Waals surface area contributed by atoms with E-state index in [0.717, 1.165) is 18.4 Å². The Morgan fingerprint density at radius 1 is 1.30 bits per heavy atom. The molecular weight excluding hydrogens is 368 g/mol. The average Bonchev–Trinajstić information content (AvgIpc) is 3.30. The van der Waals surface area contributed by atoms with Crippen molar-refractivity contribution in [2.45, 2.75) is 39.3 Å². The van der Waals surface area contributed by atoms with E-state index in [1.807, 2.05) is 32.0 Å². The van der Waals surface area contributed by atoms with Gasteiger partial charge in [-0.15, -0.1) is 10.2 Å². The lowest BCUT2D eigenvalue weighted by atomic mass is 10.2. The molecule has 1 aliphatic heterocycles. The molecule has 0 unspecified atom stereocenters. The Bertz CT molecular complexity index is 816. The van der Waals surface area contributed by atoms with E-state index in [1.165, 1.54) is 0 Å². The van der Waals surface area contributed by atoms with Crippen LogP contribution < -0.4 is 5.32 Å². The number of hydrogen-bond donors (Lipinski definition) is 2. The van der Waals surface area contributed by atoms with Crippen LogP contribution >= 0.6 is 11.6 Å². The molecule has 1 aliphatic rings. The molecule has 1 fully saturated rings. The topological polar surface area (TPSA) is 94.2 Å². The van der Waals surface area contributed by atoms with Crippen LogP contribution in [0.2, 0.25) is 5.02 Å². The summed E-state index contributed by atoms with van der Waals surface area (Å²) < 4.78 is 0. The molecule has 1 saturated heterocycles. The fraction of sp³-hybridized carbons (Fsp3) is 0.444. The predicted molar refractivity (Wildman–Crippen MR) is 103 cm³/mol. The van der Waals surface area contributed by atoms with Gasteiger partial charge in [0.2, 0.25) is 0 Å². The molecule has 3 rings (SSSR count). The summed E-state index contributed by atoms with van der Waals surface area (Å²) in [6, 6.07) is 6.95. The van der Waals surface area contributed by atoms with Crippen molar-refractivity contribution in [3.63, 3.8) is 0 Å². The molecule has 1 aromatic carbocycles. The zero-order chi connectivity index (χ0) is 19.4. The molecule has 3 amide bonds. The number of urea groups is 1. The zero-order valence-electron chi connectivity index (χ0n) is 15.4. The van der Waals surface area contributed by atoms with E-state index in [-0.39, 0.29) is 29.5 Å². The number of aromatic amines is 1. The largest absolute Gasteiger partial charge is 0.337 e. The third-order valence-electron chi connectivity index (χ3n) is 4.50. The third-order valence-corrected chi connectivity index (χ3v) is 4.73. The van der Waals surface area contributed by atoms with Gasteiger partial charge >= 0.3 is 6.03 Å². The summed E-state index contributed by atoms with van der Waals surface area (Å²) in [6.07, 6.45) is 1.96. The molecule has 0 bridgehead atoms. The van der Waals surface area contributed by atoms with Crippen molar-refractivity contribution in [3.05, 3.63) is 40.5 Å². The van der Waals surface area contributed by atoms with Gasteiger partial charge in [-0.25, -0.2) is 4.79 Å². The predicted octanol–water partition coefficient (Wildman–Crippen LogP) is 3.14. The number of carbonyl (C=O) groups is 2. The number of nitrogens with one attached hydrogen (secondary N) is 2. The number of benzene rings is 1. The molecule has 27 heavy (non-hydrogen) atoms. The van der Waals surface area contributed by atoms with E-state index < -0.39 is 0 Å². The highest BCUT2D eigenvalue weighted by atomic mass is 35.5. The highest BCUT2D eigenvalue weighted by molar-refractivity contribution is 6.30. The maximum absolute atomic E-state index is 12.8. The molecule has 0 spiro atoms. The van der Waals surface area contributed by atoms with E-state index in [1.54, 1.807) is 15.9 Å². The van der Waals surface area contributed by atoms with Crippen molar-refractivity contribution in [3.8, 4) is 0 Å². The average molecular weight is 391 g/mol. The van der Waals surface area contributed by atoms with Gasteiger partial charge in [-0.05, 0) is 44.4 Å². The summed E-state index contributed by atoms with van der Waals surface area (Å²) >= 11 is 6.04. The second-order valence-corrected chi connectivity index (χ2v) is 7.24. The maximum atomic E-state index is 12.8. The van der Waals surface area contributed by atoms with Crippen LogP contribution in [-0.4, -0.2) is 56.3 Å². The Morgan fingerprint density at radius 3 is 2.70 bits per heavy atom. The van der Waals surface area contributed by atoms with Crippen molar-refractivity contribution < 1.29 is 9.59 Å². The van der Waals surface area contributed by atoms with Crippen LogP contribution in [0.25, 0.3) is 0 Å². The number of hydrogen-bond acceptors (Lipinski definition) is 4. The second-order valence-electron chi connectivity index (χ2n) is 6.80. The lowest BCUT2D eigenvalue weighted by Gasteiger charge is -2.27. The minimum atomic E-state index is -0.352. The van der Waals surface area contributed by atoms with E-state index in [2.05, 4.69) is 20.7 Å². The molecule has 0 radical (unpaired) electrons. The van der Waals surface area contributed by atoms with Gasteiger partial charge in [0.15, 0.2) is 11.5 Å². The van der Waals surface area contributed by atoms with Crippen LogP contribution in [0.15, 0.2) is 24.3 Å². The van der Waals surface area contributed by atoms with Gasteiger partial charge < -0.3 is 9.80 Å². The van der Waals surface area contributed by atoms with Gasteiger partial charge in [0.05, 0.1) is 0 Å². The highest BCUT2D eigenvalue weighted by Gasteiger charge is 2.27. The molecule has 2 heterocycles. The molecule has 0 aliphatic carbocycles. The molecule has 9 heteroatoms. The fourth-order valence-corrected chi connectivity index (χ4v) is 3.24. The van der Waals surface area contributed by atoms with Crippen molar-refractivity contribution >= 4 is 29.4 Å². The van der Waals surface area contributed by atoms with Crippen molar-refractivity contribution in [1.82, 2.24) is 25.2 Å². The number of halogens is 1. The Kier molecular flexibility index (Phi) is 5.95. The third kappa shape index (κ3) is 4.57. The molecule has 2 aromatic rings. The molecule has 144 valence electrons. The van der Waals surface area contributed by atoms with Crippen LogP contribution in [0.1, 0.15) is 42.7 Å². The van der Waals surface area contributed by atoms with Crippen LogP contribution in [0.3, 0.4) is 0 Å². The number of H-pyrrole nitrogens is 1. The lowest BCUT2D eigenvalue weighted by molar-refractivity contribution is 0.0788. The Balaban J connectivity index is 1.73. The van der Waals surface area contributed by atoms with Crippen LogP contribution in [0.5, 0.6) is 0 Å². The first kappa shape index (κ1) is 19.2. The number of rotatable bonds is 5. The smallest absolute Gasteiger partial charge is 0.323 e. The number of amides is 3. The van der Waals surface area contributed by atoms with Crippen LogP contribution in [0, 0.1) is 0 Å². The van der Waals surface area contributed by atoms with Gasteiger partial charge in [-0.3, -0.25) is 10.1 Å². The molecule has 0 saturated carbocycles. The van der Waals surface area contributed by atoms with Gasteiger partial charge in [0.1, 0.15) is 0 Å².